The van der Waals surface area contributed by atoms with Crippen molar-refractivity contribution in [1.82, 2.24) is 5.01 Å². The van der Waals surface area contributed by atoms with E-state index in [2.05, 4.69) is 5.10 Å². The van der Waals surface area contributed by atoms with Gasteiger partial charge in [-0.2, -0.15) is 18.3 Å². The summed E-state index contributed by atoms with van der Waals surface area (Å²) < 4.78 is 38.8. The van der Waals surface area contributed by atoms with E-state index in [1.807, 2.05) is 0 Å². The fourth-order valence-electron chi connectivity index (χ4n) is 2.74. The highest BCUT2D eigenvalue weighted by atomic mass is 19.4. The molecule has 2 aromatic carbocycles. The Morgan fingerprint density at radius 3 is 2.46 bits per heavy atom. The Morgan fingerprint density at radius 2 is 1.85 bits per heavy atom. The van der Waals surface area contributed by atoms with Gasteiger partial charge in [-0.05, 0) is 5.56 Å². The Morgan fingerprint density at radius 1 is 1.15 bits per heavy atom. The van der Waals surface area contributed by atoms with Gasteiger partial charge in [0.1, 0.15) is 0 Å². The van der Waals surface area contributed by atoms with Crippen LogP contribution >= 0.6 is 0 Å². The third kappa shape index (κ3) is 3.41. The molecule has 0 unspecified atom stereocenters. The van der Waals surface area contributed by atoms with Crippen LogP contribution in [0.4, 0.5) is 18.9 Å². The zero-order valence-electron chi connectivity index (χ0n) is 13.2. The highest BCUT2D eigenvalue weighted by Crippen LogP contribution is 2.36. The normalized spacial score (nSPS) is 17.1. The molecule has 0 saturated heterocycles. The predicted octanol–water partition coefficient (Wildman–Crippen LogP) is 3.83. The number of non-ortho nitro benzene ring substituents is 1. The number of hydrazone groups is 1. The Hall–Kier alpha value is -3.23. The molecular formula is C17H12F3N3O3. The van der Waals surface area contributed by atoms with Crippen molar-refractivity contribution < 1.29 is 22.9 Å². The first-order chi connectivity index (χ1) is 12.3. The van der Waals surface area contributed by atoms with Crippen molar-refractivity contribution in [2.45, 2.75) is 18.6 Å². The number of nitro benzene ring substituents is 1. The molecule has 1 aliphatic rings. The van der Waals surface area contributed by atoms with Crippen molar-refractivity contribution in [3.63, 3.8) is 0 Å². The highest BCUT2D eigenvalue weighted by Gasteiger charge is 2.47. The van der Waals surface area contributed by atoms with Crippen molar-refractivity contribution in [2.24, 2.45) is 5.10 Å². The van der Waals surface area contributed by atoms with E-state index in [0.717, 1.165) is 0 Å². The van der Waals surface area contributed by atoms with Gasteiger partial charge in [-0.3, -0.25) is 14.9 Å². The number of rotatable bonds is 3. The van der Waals surface area contributed by atoms with E-state index in [-0.39, 0.29) is 17.8 Å². The molecule has 3 rings (SSSR count). The maximum atomic E-state index is 12.9. The van der Waals surface area contributed by atoms with E-state index in [0.29, 0.717) is 16.1 Å². The number of hydrogen-bond acceptors (Lipinski definition) is 4. The number of amides is 1. The van der Waals surface area contributed by atoms with Crippen LogP contribution in [-0.4, -0.2) is 27.7 Å². The van der Waals surface area contributed by atoms with Gasteiger partial charge in [0.15, 0.2) is 0 Å². The van der Waals surface area contributed by atoms with Crippen molar-refractivity contribution in [3.05, 3.63) is 75.8 Å². The summed E-state index contributed by atoms with van der Waals surface area (Å²) in [7, 11) is 0. The molecule has 0 N–H and O–H groups in total. The van der Waals surface area contributed by atoms with E-state index < -0.39 is 23.0 Å². The molecule has 1 amide bonds. The molecule has 0 aliphatic carbocycles. The zero-order valence-corrected chi connectivity index (χ0v) is 13.2. The van der Waals surface area contributed by atoms with Crippen LogP contribution in [0.3, 0.4) is 0 Å². The maximum Gasteiger partial charge on any atom is 0.473 e. The molecule has 26 heavy (non-hydrogen) atoms. The summed E-state index contributed by atoms with van der Waals surface area (Å²) in [5, 5.41) is 15.2. The smallest absolute Gasteiger partial charge is 0.262 e. The Balaban J connectivity index is 2.01. The Bertz CT molecular complexity index is 882. The van der Waals surface area contributed by atoms with E-state index in [9.17, 15) is 28.1 Å². The number of halogens is 3. The quantitative estimate of drug-likeness (QED) is 0.614. The second-order valence-electron chi connectivity index (χ2n) is 5.63. The standard InChI is InChI=1S/C17H12F3N3O3/c18-17(19,20)16(24)22-15(11-5-2-1-3-6-11)10-14(21-22)12-7-4-8-13(9-12)23(25)26/h1-9,15H,10H2/t15-/m0/s1. The summed E-state index contributed by atoms with van der Waals surface area (Å²) in [6.07, 6.45) is -5.05. The minimum atomic E-state index is -5.07. The van der Waals surface area contributed by atoms with Gasteiger partial charge in [0.25, 0.3) is 5.69 Å². The zero-order chi connectivity index (χ0) is 18.9. The van der Waals surface area contributed by atoms with Gasteiger partial charge in [0.2, 0.25) is 0 Å². The summed E-state index contributed by atoms with van der Waals surface area (Å²) in [5.41, 5.74) is 0.772. The number of carbonyl (C=O) groups is 1. The van der Waals surface area contributed by atoms with Gasteiger partial charge in [-0.25, -0.2) is 5.01 Å². The minimum absolute atomic E-state index is 0.0208. The topological polar surface area (TPSA) is 75.8 Å². The highest BCUT2D eigenvalue weighted by molar-refractivity contribution is 6.03. The molecule has 1 atom stereocenters. The SMILES string of the molecule is O=C(N1N=C(c2cccc([N+](=O)[O-])c2)C[C@H]1c1ccccc1)C(F)(F)F. The van der Waals surface area contributed by atoms with Gasteiger partial charge in [0.05, 0.1) is 16.7 Å². The monoisotopic (exact) mass is 363 g/mol. The number of alkyl halides is 3. The first-order valence-electron chi connectivity index (χ1n) is 7.55. The first kappa shape index (κ1) is 17.6. The number of nitrogens with zero attached hydrogens (tertiary/aromatic N) is 3. The molecule has 0 saturated carbocycles. The van der Waals surface area contributed by atoms with Crippen molar-refractivity contribution in [2.75, 3.05) is 0 Å². The van der Waals surface area contributed by atoms with Gasteiger partial charge < -0.3 is 0 Å². The molecule has 2 aromatic rings. The molecule has 1 aliphatic heterocycles. The maximum absolute atomic E-state index is 12.9. The number of hydrogen-bond donors (Lipinski definition) is 0. The lowest BCUT2D eigenvalue weighted by atomic mass is 9.98. The molecule has 0 spiro atoms. The molecule has 0 radical (unpaired) electrons. The minimum Gasteiger partial charge on any atom is -0.262 e. The van der Waals surface area contributed by atoms with Crippen molar-refractivity contribution >= 4 is 17.3 Å². The third-order valence-electron chi connectivity index (χ3n) is 3.94. The molecule has 134 valence electrons. The van der Waals surface area contributed by atoms with Crippen LogP contribution < -0.4 is 0 Å². The lowest BCUT2D eigenvalue weighted by Crippen LogP contribution is -2.38. The molecule has 6 nitrogen and oxygen atoms in total. The summed E-state index contributed by atoms with van der Waals surface area (Å²) in [5.74, 6) is -2.08. The van der Waals surface area contributed by atoms with Gasteiger partial charge in [0, 0.05) is 24.1 Å². The average molecular weight is 363 g/mol. The summed E-state index contributed by atoms with van der Waals surface area (Å²) in [6, 6.07) is 12.7. The van der Waals surface area contributed by atoms with Gasteiger partial charge in [-0.15, -0.1) is 0 Å². The number of carbonyl (C=O) groups excluding carboxylic acids is 1. The van der Waals surface area contributed by atoms with Crippen LogP contribution in [0.5, 0.6) is 0 Å². The van der Waals surface area contributed by atoms with Crippen LogP contribution in [0.1, 0.15) is 23.6 Å². The first-order valence-corrected chi connectivity index (χ1v) is 7.55. The lowest BCUT2D eigenvalue weighted by molar-refractivity contribution is -0.384. The van der Waals surface area contributed by atoms with Crippen molar-refractivity contribution in [1.29, 1.82) is 0 Å². The van der Waals surface area contributed by atoms with Gasteiger partial charge in [-0.1, -0.05) is 42.5 Å². The molecule has 0 bridgehead atoms. The molecule has 0 fully saturated rings. The van der Waals surface area contributed by atoms with Crippen LogP contribution in [0.15, 0.2) is 59.7 Å². The fraction of sp³-hybridized carbons (Fsp3) is 0.176. The van der Waals surface area contributed by atoms with Gasteiger partial charge >= 0.3 is 12.1 Å². The summed E-state index contributed by atoms with van der Waals surface area (Å²) >= 11 is 0. The lowest BCUT2D eigenvalue weighted by Gasteiger charge is -2.22. The number of benzene rings is 2. The van der Waals surface area contributed by atoms with E-state index in [1.165, 1.54) is 24.3 Å². The third-order valence-corrected chi connectivity index (χ3v) is 3.94. The van der Waals surface area contributed by atoms with Crippen LogP contribution in [0, 0.1) is 10.1 Å². The molecule has 0 aromatic heterocycles. The summed E-state index contributed by atoms with van der Waals surface area (Å²) in [4.78, 5) is 22.1. The Labute approximate surface area is 145 Å². The second-order valence-corrected chi connectivity index (χ2v) is 5.63. The second kappa shape index (κ2) is 6.58. The van der Waals surface area contributed by atoms with Crippen LogP contribution in [0.2, 0.25) is 0 Å². The van der Waals surface area contributed by atoms with E-state index in [4.69, 9.17) is 0 Å². The molecule has 1 heterocycles. The fourth-order valence-corrected chi connectivity index (χ4v) is 2.74. The van der Waals surface area contributed by atoms with Crippen LogP contribution in [-0.2, 0) is 4.79 Å². The number of nitro groups is 1. The predicted molar refractivity (Wildman–Crippen MR) is 86.3 cm³/mol. The average Bonchev–Trinajstić information content (AvgIpc) is 3.06. The van der Waals surface area contributed by atoms with E-state index >= 15 is 0 Å². The van der Waals surface area contributed by atoms with E-state index in [1.54, 1.807) is 30.3 Å². The van der Waals surface area contributed by atoms with Crippen LogP contribution in [0.25, 0.3) is 0 Å². The summed E-state index contributed by atoms with van der Waals surface area (Å²) in [6.45, 7) is 0. The Kier molecular flexibility index (Phi) is 4.45. The molecule has 9 heteroatoms. The largest absolute Gasteiger partial charge is 0.473 e. The van der Waals surface area contributed by atoms with Crippen molar-refractivity contribution in [3.8, 4) is 0 Å². The molecular weight excluding hydrogens is 351 g/mol.